The second-order valence-corrected chi connectivity index (χ2v) is 7.13. The van der Waals surface area contributed by atoms with Crippen molar-refractivity contribution in [3.8, 4) is 0 Å². The molecule has 2 aromatic carbocycles. The third-order valence-electron chi connectivity index (χ3n) is 4.79. The van der Waals surface area contributed by atoms with Crippen molar-refractivity contribution in [2.24, 2.45) is 0 Å². The molecule has 162 valence electrons. The molecule has 3 amide bonds. The number of nitrogens with zero attached hydrogens (tertiary/aromatic N) is 2. The first-order valence-electron chi connectivity index (χ1n) is 9.79. The Morgan fingerprint density at radius 2 is 1.65 bits per heavy atom. The summed E-state index contributed by atoms with van der Waals surface area (Å²) < 4.78 is 4.92. The van der Waals surface area contributed by atoms with E-state index in [1.165, 1.54) is 24.3 Å². The maximum absolute atomic E-state index is 12.7. The zero-order chi connectivity index (χ0) is 22.5. The Kier molecular flexibility index (Phi) is 6.66. The summed E-state index contributed by atoms with van der Waals surface area (Å²) in [5, 5.41) is 0. The van der Waals surface area contributed by atoms with Crippen LogP contribution in [0.2, 0.25) is 0 Å². The van der Waals surface area contributed by atoms with Gasteiger partial charge in [0.1, 0.15) is 6.04 Å². The third kappa shape index (κ3) is 4.89. The highest BCUT2D eigenvalue weighted by Gasteiger charge is 2.39. The first kappa shape index (κ1) is 22.0. The van der Waals surface area contributed by atoms with Crippen LogP contribution in [-0.2, 0) is 14.3 Å². The fraction of sp³-hybridized carbons (Fsp3) is 0.273. The molecule has 2 N–H and O–H groups in total. The Bertz CT molecular complexity index is 986. The summed E-state index contributed by atoms with van der Waals surface area (Å²) in [4.78, 5) is 52.1. The molecule has 31 heavy (non-hydrogen) atoms. The van der Waals surface area contributed by atoms with Crippen molar-refractivity contribution in [2.75, 3.05) is 30.5 Å². The molecule has 0 saturated carbocycles. The molecule has 3 rings (SSSR count). The van der Waals surface area contributed by atoms with E-state index in [2.05, 4.69) is 10.9 Å². The largest absolute Gasteiger partial charge is 0.462 e. The zero-order valence-electron chi connectivity index (χ0n) is 17.5. The Labute approximate surface area is 179 Å². The van der Waals surface area contributed by atoms with Crippen LogP contribution >= 0.6 is 0 Å². The highest BCUT2D eigenvalue weighted by molar-refractivity contribution is 6.22. The van der Waals surface area contributed by atoms with Crippen LogP contribution in [0.3, 0.4) is 0 Å². The van der Waals surface area contributed by atoms with Gasteiger partial charge in [0.25, 0.3) is 11.8 Å². The normalized spacial score (nSPS) is 15.7. The molecule has 1 heterocycles. The Hall–Kier alpha value is -3.72. The van der Waals surface area contributed by atoms with Crippen LogP contribution in [0.25, 0.3) is 0 Å². The molecule has 0 bridgehead atoms. The van der Waals surface area contributed by atoms with Crippen LogP contribution in [0.4, 0.5) is 11.4 Å². The summed E-state index contributed by atoms with van der Waals surface area (Å²) in [6.07, 6.45) is -0.0989. The van der Waals surface area contributed by atoms with Crippen molar-refractivity contribution in [1.29, 1.82) is 0 Å². The molecule has 0 spiro atoms. The Balaban J connectivity index is 1.62. The first-order valence-corrected chi connectivity index (χ1v) is 9.79. The minimum Gasteiger partial charge on any atom is -0.462 e. The number of carbonyl (C=O) groups excluding carboxylic acids is 4. The van der Waals surface area contributed by atoms with E-state index in [4.69, 9.17) is 4.74 Å². The van der Waals surface area contributed by atoms with Crippen LogP contribution in [0.1, 0.15) is 34.1 Å². The SMILES string of the molecule is CCOC(=O)c1ccc(N2C(=O)C[C@@H](NNC(=O)c3ccc(N(C)C)cc3)C2=O)cc1. The highest BCUT2D eigenvalue weighted by atomic mass is 16.5. The molecule has 9 nitrogen and oxygen atoms in total. The summed E-state index contributed by atoms with van der Waals surface area (Å²) in [5.41, 5.74) is 7.17. The van der Waals surface area contributed by atoms with Crippen molar-refractivity contribution in [1.82, 2.24) is 10.9 Å². The smallest absolute Gasteiger partial charge is 0.338 e. The Morgan fingerprint density at radius 3 is 2.23 bits per heavy atom. The van der Waals surface area contributed by atoms with Crippen molar-refractivity contribution in [3.05, 3.63) is 59.7 Å². The topological polar surface area (TPSA) is 108 Å². The zero-order valence-corrected chi connectivity index (χ0v) is 17.5. The number of hydrogen-bond acceptors (Lipinski definition) is 7. The number of rotatable bonds is 7. The Morgan fingerprint density at radius 1 is 1.03 bits per heavy atom. The van der Waals surface area contributed by atoms with Gasteiger partial charge in [-0.2, -0.15) is 0 Å². The number of imide groups is 1. The van der Waals surface area contributed by atoms with Gasteiger partial charge in [0.05, 0.1) is 24.3 Å². The number of anilines is 2. The number of amides is 3. The molecular weight excluding hydrogens is 400 g/mol. The van der Waals surface area contributed by atoms with E-state index in [1.807, 2.05) is 19.0 Å². The van der Waals surface area contributed by atoms with E-state index in [0.29, 0.717) is 16.8 Å². The summed E-state index contributed by atoms with van der Waals surface area (Å²) in [6, 6.07) is 12.1. The predicted molar refractivity (Wildman–Crippen MR) is 115 cm³/mol. The molecule has 9 heteroatoms. The maximum atomic E-state index is 12.7. The highest BCUT2D eigenvalue weighted by Crippen LogP contribution is 2.23. The number of benzene rings is 2. The molecular formula is C22H24N4O5. The molecule has 1 aliphatic rings. The number of carbonyl (C=O) groups is 4. The number of ether oxygens (including phenoxy) is 1. The van der Waals surface area contributed by atoms with Gasteiger partial charge in [-0.1, -0.05) is 0 Å². The number of hydrogen-bond donors (Lipinski definition) is 2. The van der Waals surface area contributed by atoms with E-state index < -0.39 is 29.7 Å². The second-order valence-electron chi connectivity index (χ2n) is 7.13. The van der Waals surface area contributed by atoms with Gasteiger partial charge in [-0.05, 0) is 55.5 Å². The molecule has 1 atom stereocenters. The molecule has 0 radical (unpaired) electrons. The summed E-state index contributed by atoms with van der Waals surface area (Å²) >= 11 is 0. The van der Waals surface area contributed by atoms with Gasteiger partial charge in [0.2, 0.25) is 5.91 Å². The molecule has 0 aromatic heterocycles. The minimum atomic E-state index is -0.887. The molecule has 0 aliphatic carbocycles. The average molecular weight is 424 g/mol. The van der Waals surface area contributed by atoms with E-state index in [0.717, 1.165) is 10.6 Å². The summed E-state index contributed by atoms with van der Waals surface area (Å²) in [5.74, 6) is -1.79. The number of nitrogens with one attached hydrogen (secondary N) is 2. The van der Waals surface area contributed by atoms with Crippen molar-refractivity contribution >= 4 is 35.1 Å². The van der Waals surface area contributed by atoms with Crippen LogP contribution in [0.15, 0.2) is 48.5 Å². The fourth-order valence-corrected chi connectivity index (χ4v) is 3.11. The third-order valence-corrected chi connectivity index (χ3v) is 4.79. The lowest BCUT2D eigenvalue weighted by Crippen LogP contribution is -2.48. The summed E-state index contributed by atoms with van der Waals surface area (Å²) in [7, 11) is 3.80. The van der Waals surface area contributed by atoms with Crippen molar-refractivity contribution in [2.45, 2.75) is 19.4 Å². The van der Waals surface area contributed by atoms with E-state index in [9.17, 15) is 19.2 Å². The van der Waals surface area contributed by atoms with Gasteiger partial charge in [-0.15, -0.1) is 0 Å². The molecule has 1 aliphatic heterocycles. The predicted octanol–water partition coefficient (Wildman–Crippen LogP) is 1.50. The van der Waals surface area contributed by atoms with Gasteiger partial charge in [-0.25, -0.2) is 15.1 Å². The monoisotopic (exact) mass is 424 g/mol. The van der Waals surface area contributed by atoms with Crippen LogP contribution in [0.5, 0.6) is 0 Å². The average Bonchev–Trinajstić information content (AvgIpc) is 3.05. The van der Waals surface area contributed by atoms with E-state index >= 15 is 0 Å². The number of hydrazine groups is 1. The fourth-order valence-electron chi connectivity index (χ4n) is 3.11. The molecule has 2 aromatic rings. The van der Waals surface area contributed by atoms with Crippen molar-refractivity contribution < 1.29 is 23.9 Å². The molecule has 1 saturated heterocycles. The number of esters is 1. The lowest BCUT2D eigenvalue weighted by Gasteiger charge is -2.16. The lowest BCUT2D eigenvalue weighted by molar-refractivity contribution is -0.121. The maximum Gasteiger partial charge on any atom is 0.338 e. The van der Waals surface area contributed by atoms with Gasteiger partial charge >= 0.3 is 5.97 Å². The molecule has 0 unspecified atom stereocenters. The first-order chi connectivity index (χ1) is 14.8. The van der Waals surface area contributed by atoms with E-state index in [1.54, 1.807) is 31.2 Å². The standard InChI is InChI=1S/C22H24N4O5/c1-4-31-22(30)15-7-11-17(12-8-15)26-19(27)13-18(21(26)29)23-24-20(28)14-5-9-16(10-6-14)25(2)3/h5-12,18,23H,4,13H2,1-3H3,(H,24,28)/t18-/m1/s1. The van der Waals surface area contributed by atoms with Gasteiger partial charge in [0, 0.05) is 25.3 Å². The van der Waals surface area contributed by atoms with Crippen molar-refractivity contribution in [3.63, 3.8) is 0 Å². The van der Waals surface area contributed by atoms with E-state index in [-0.39, 0.29) is 13.0 Å². The van der Waals surface area contributed by atoms with Crippen LogP contribution < -0.4 is 20.7 Å². The van der Waals surface area contributed by atoms with Gasteiger partial charge in [0.15, 0.2) is 0 Å². The van der Waals surface area contributed by atoms with Gasteiger partial charge < -0.3 is 9.64 Å². The molecule has 1 fully saturated rings. The van der Waals surface area contributed by atoms with Gasteiger partial charge in [-0.3, -0.25) is 19.8 Å². The summed E-state index contributed by atoms with van der Waals surface area (Å²) in [6.45, 7) is 1.96. The van der Waals surface area contributed by atoms with Crippen LogP contribution in [0, 0.1) is 0 Å². The second kappa shape index (κ2) is 9.40. The minimum absolute atomic E-state index is 0.0989. The lowest BCUT2D eigenvalue weighted by atomic mass is 10.2. The quantitative estimate of drug-likeness (QED) is 0.394. The van der Waals surface area contributed by atoms with Crippen LogP contribution in [-0.4, -0.2) is 50.4 Å².